The van der Waals surface area contributed by atoms with E-state index in [1.807, 2.05) is 30.3 Å². The van der Waals surface area contributed by atoms with Gasteiger partial charge in [-0.15, -0.1) is 0 Å². The molecule has 3 rings (SSSR count). The number of carbonyl (C=O) groups is 1. The molecular formula is C17H23NO. The largest absolute Gasteiger partial charge is 0.349 e. The fourth-order valence-electron chi connectivity index (χ4n) is 3.96. The molecule has 0 aromatic heterocycles. The molecule has 3 atom stereocenters. The van der Waals surface area contributed by atoms with E-state index < -0.39 is 0 Å². The van der Waals surface area contributed by atoms with Crippen molar-refractivity contribution in [2.75, 3.05) is 0 Å². The second-order valence-corrected chi connectivity index (χ2v) is 6.09. The first-order chi connectivity index (χ1) is 9.34. The van der Waals surface area contributed by atoms with Gasteiger partial charge in [-0.25, -0.2) is 0 Å². The topological polar surface area (TPSA) is 29.1 Å². The molecule has 0 radical (unpaired) electrons. The minimum Gasteiger partial charge on any atom is -0.349 e. The quantitative estimate of drug-likeness (QED) is 0.858. The monoisotopic (exact) mass is 257 g/mol. The van der Waals surface area contributed by atoms with Crippen LogP contribution in [0.2, 0.25) is 0 Å². The van der Waals surface area contributed by atoms with Crippen LogP contribution in [0.1, 0.15) is 55.3 Å². The van der Waals surface area contributed by atoms with E-state index in [2.05, 4.69) is 5.32 Å². The highest BCUT2D eigenvalue weighted by Crippen LogP contribution is 2.40. The van der Waals surface area contributed by atoms with Crippen molar-refractivity contribution in [3.05, 3.63) is 35.9 Å². The predicted octanol–water partition coefficient (Wildman–Crippen LogP) is 3.78. The first-order valence-electron chi connectivity index (χ1n) is 7.70. The number of nitrogens with one attached hydrogen (secondary N) is 1. The zero-order valence-electron chi connectivity index (χ0n) is 11.5. The summed E-state index contributed by atoms with van der Waals surface area (Å²) in [7, 11) is 0. The summed E-state index contributed by atoms with van der Waals surface area (Å²) in [5, 5.41) is 3.30. The van der Waals surface area contributed by atoms with Gasteiger partial charge in [-0.05, 0) is 36.8 Å². The maximum Gasteiger partial charge on any atom is 0.251 e. The number of hydrogen-bond donors (Lipinski definition) is 1. The van der Waals surface area contributed by atoms with Gasteiger partial charge in [0.1, 0.15) is 0 Å². The molecule has 102 valence electrons. The van der Waals surface area contributed by atoms with Crippen LogP contribution in [0.15, 0.2) is 30.3 Å². The standard InChI is InChI=1S/C17H23NO/c19-17(14-8-2-1-3-9-14)18-16-12-6-10-13-7-4-5-11-15(13)16/h1-3,8-9,13,15-16H,4-7,10-12H2,(H,18,19)/t13-,15-,16+/m0/s1. The van der Waals surface area contributed by atoms with Crippen LogP contribution < -0.4 is 5.32 Å². The van der Waals surface area contributed by atoms with Gasteiger partial charge in [0.05, 0.1) is 0 Å². The van der Waals surface area contributed by atoms with Gasteiger partial charge < -0.3 is 5.32 Å². The van der Waals surface area contributed by atoms with Crippen LogP contribution in [-0.2, 0) is 0 Å². The van der Waals surface area contributed by atoms with Crippen LogP contribution in [0.4, 0.5) is 0 Å². The molecule has 2 nitrogen and oxygen atoms in total. The Bertz CT molecular complexity index is 426. The molecule has 0 spiro atoms. The minimum atomic E-state index is 0.108. The number of fused-ring (bicyclic) bond motifs is 1. The van der Waals surface area contributed by atoms with E-state index in [-0.39, 0.29) is 5.91 Å². The third kappa shape index (κ3) is 2.83. The van der Waals surface area contributed by atoms with E-state index in [0.29, 0.717) is 6.04 Å². The molecule has 1 aromatic carbocycles. The van der Waals surface area contributed by atoms with Crippen LogP contribution in [0, 0.1) is 11.8 Å². The van der Waals surface area contributed by atoms with Crippen molar-refractivity contribution in [3.8, 4) is 0 Å². The molecule has 1 amide bonds. The molecule has 0 aliphatic heterocycles. The molecule has 0 saturated heterocycles. The van der Waals surface area contributed by atoms with Crippen LogP contribution in [-0.4, -0.2) is 11.9 Å². The lowest BCUT2D eigenvalue weighted by molar-refractivity contribution is 0.0823. The Morgan fingerprint density at radius 2 is 1.68 bits per heavy atom. The van der Waals surface area contributed by atoms with Gasteiger partial charge in [-0.1, -0.05) is 50.3 Å². The van der Waals surface area contributed by atoms with E-state index >= 15 is 0 Å². The van der Waals surface area contributed by atoms with Gasteiger partial charge in [-0.3, -0.25) is 4.79 Å². The fourth-order valence-corrected chi connectivity index (χ4v) is 3.96. The number of benzene rings is 1. The summed E-state index contributed by atoms with van der Waals surface area (Å²) in [6.45, 7) is 0. The van der Waals surface area contributed by atoms with Crippen molar-refractivity contribution in [2.45, 2.75) is 51.0 Å². The van der Waals surface area contributed by atoms with Crippen LogP contribution >= 0.6 is 0 Å². The molecule has 2 aliphatic carbocycles. The first-order valence-corrected chi connectivity index (χ1v) is 7.70. The molecule has 0 bridgehead atoms. The summed E-state index contributed by atoms with van der Waals surface area (Å²) in [5.41, 5.74) is 0.792. The first kappa shape index (κ1) is 12.7. The highest BCUT2D eigenvalue weighted by molar-refractivity contribution is 5.94. The van der Waals surface area contributed by atoms with Gasteiger partial charge in [0.15, 0.2) is 0 Å². The number of hydrogen-bond acceptors (Lipinski definition) is 1. The van der Waals surface area contributed by atoms with E-state index in [4.69, 9.17) is 0 Å². The zero-order valence-corrected chi connectivity index (χ0v) is 11.5. The Hall–Kier alpha value is -1.31. The summed E-state index contributed by atoms with van der Waals surface area (Å²) in [5.74, 6) is 1.70. The maximum atomic E-state index is 12.3. The molecule has 2 saturated carbocycles. The lowest BCUT2D eigenvalue weighted by atomic mass is 9.68. The van der Waals surface area contributed by atoms with Gasteiger partial charge in [0.2, 0.25) is 0 Å². The van der Waals surface area contributed by atoms with Crippen molar-refractivity contribution in [1.82, 2.24) is 5.32 Å². The van der Waals surface area contributed by atoms with Crippen LogP contribution in [0.3, 0.4) is 0 Å². The lowest BCUT2D eigenvalue weighted by Gasteiger charge is -2.41. The second-order valence-electron chi connectivity index (χ2n) is 6.09. The Morgan fingerprint density at radius 3 is 2.53 bits per heavy atom. The number of amides is 1. The second kappa shape index (κ2) is 5.77. The van der Waals surface area contributed by atoms with Crippen molar-refractivity contribution in [2.24, 2.45) is 11.8 Å². The summed E-state index contributed by atoms with van der Waals surface area (Å²) < 4.78 is 0. The molecule has 2 aliphatic rings. The third-order valence-electron chi connectivity index (χ3n) is 4.93. The van der Waals surface area contributed by atoms with Crippen LogP contribution in [0.25, 0.3) is 0 Å². The number of rotatable bonds is 2. The van der Waals surface area contributed by atoms with Crippen LogP contribution in [0.5, 0.6) is 0 Å². The molecule has 1 aromatic rings. The summed E-state index contributed by atoms with van der Waals surface area (Å²) in [4.78, 5) is 12.3. The Labute approximate surface area is 115 Å². The van der Waals surface area contributed by atoms with Crippen molar-refractivity contribution < 1.29 is 4.79 Å². The molecule has 0 heterocycles. The molecule has 0 unspecified atom stereocenters. The zero-order chi connectivity index (χ0) is 13.1. The smallest absolute Gasteiger partial charge is 0.251 e. The van der Waals surface area contributed by atoms with Gasteiger partial charge in [0.25, 0.3) is 5.91 Å². The van der Waals surface area contributed by atoms with E-state index in [1.165, 1.54) is 44.9 Å². The predicted molar refractivity (Wildman–Crippen MR) is 77.0 cm³/mol. The van der Waals surface area contributed by atoms with Gasteiger partial charge >= 0.3 is 0 Å². The minimum absolute atomic E-state index is 0.108. The normalized spacial score (nSPS) is 30.4. The van der Waals surface area contributed by atoms with E-state index in [1.54, 1.807) is 0 Å². The Kier molecular flexibility index (Phi) is 3.86. The summed E-state index contributed by atoms with van der Waals surface area (Å²) >= 11 is 0. The fraction of sp³-hybridized carbons (Fsp3) is 0.588. The summed E-state index contributed by atoms with van der Waals surface area (Å²) in [6, 6.07) is 10.0. The van der Waals surface area contributed by atoms with Crippen molar-refractivity contribution in [1.29, 1.82) is 0 Å². The van der Waals surface area contributed by atoms with Crippen molar-refractivity contribution in [3.63, 3.8) is 0 Å². The summed E-state index contributed by atoms with van der Waals surface area (Å²) in [6.07, 6.45) is 9.25. The van der Waals surface area contributed by atoms with E-state index in [9.17, 15) is 4.79 Å². The average Bonchev–Trinajstić information content (AvgIpc) is 2.48. The average molecular weight is 257 g/mol. The Morgan fingerprint density at radius 1 is 0.947 bits per heavy atom. The molecule has 2 heteroatoms. The highest BCUT2D eigenvalue weighted by Gasteiger charge is 2.35. The van der Waals surface area contributed by atoms with Crippen molar-refractivity contribution >= 4 is 5.91 Å². The SMILES string of the molecule is O=C(N[C@@H]1CCC[C@@H]2CCCC[C@@H]21)c1ccccc1. The third-order valence-corrected chi connectivity index (χ3v) is 4.93. The molecule has 1 N–H and O–H groups in total. The maximum absolute atomic E-state index is 12.3. The van der Waals surface area contributed by atoms with Gasteiger partial charge in [-0.2, -0.15) is 0 Å². The molecule has 19 heavy (non-hydrogen) atoms. The molecular weight excluding hydrogens is 234 g/mol. The van der Waals surface area contributed by atoms with E-state index in [0.717, 1.165) is 17.4 Å². The highest BCUT2D eigenvalue weighted by atomic mass is 16.1. The van der Waals surface area contributed by atoms with Gasteiger partial charge in [0, 0.05) is 11.6 Å². The number of carbonyl (C=O) groups excluding carboxylic acids is 1. The molecule has 2 fully saturated rings. The Balaban J connectivity index is 1.66. The lowest BCUT2D eigenvalue weighted by Crippen LogP contribution is -2.46.